The van der Waals surface area contributed by atoms with Crippen LogP contribution in [-0.4, -0.2) is 18.2 Å². The Bertz CT molecular complexity index is 371. The standard InChI is InChI=1S/C11H16F3N3O/c1-2-5-18-7-10(17-15)8-6-16-4-3-9(8)11(12,13)14/h3-4,6,10,17H,2,5,7,15H2,1H3. The summed E-state index contributed by atoms with van der Waals surface area (Å²) < 4.78 is 43.6. The van der Waals surface area contributed by atoms with Gasteiger partial charge in [-0.05, 0) is 12.5 Å². The van der Waals surface area contributed by atoms with Crippen molar-refractivity contribution < 1.29 is 17.9 Å². The lowest BCUT2D eigenvalue weighted by Crippen LogP contribution is -2.33. The molecule has 4 nitrogen and oxygen atoms in total. The first-order valence-corrected chi connectivity index (χ1v) is 5.55. The van der Waals surface area contributed by atoms with Crippen LogP contribution >= 0.6 is 0 Å². The molecular formula is C11H16F3N3O. The number of pyridine rings is 1. The number of rotatable bonds is 6. The van der Waals surface area contributed by atoms with E-state index in [0.29, 0.717) is 6.61 Å². The van der Waals surface area contributed by atoms with E-state index >= 15 is 0 Å². The zero-order chi connectivity index (χ0) is 13.6. The number of nitrogens with one attached hydrogen (secondary N) is 1. The Morgan fingerprint density at radius 2 is 2.22 bits per heavy atom. The summed E-state index contributed by atoms with van der Waals surface area (Å²) in [4.78, 5) is 3.70. The van der Waals surface area contributed by atoms with Gasteiger partial charge in [-0.3, -0.25) is 16.3 Å². The minimum Gasteiger partial charge on any atom is -0.379 e. The zero-order valence-electron chi connectivity index (χ0n) is 10.00. The van der Waals surface area contributed by atoms with Gasteiger partial charge < -0.3 is 4.74 Å². The molecule has 0 spiro atoms. The highest BCUT2D eigenvalue weighted by Gasteiger charge is 2.35. The van der Waals surface area contributed by atoms with E-state index in [0.717, 1.165) is 24.9 Å². The molecule has 0 saturated heterocycles. The molecule has 0 aliphatic rings. The summed E-state index contributed by atoms with van der Waals surface area (Å²) in [6, 6.07) is 0.196. The SMILES string of the molecule is CCCOCC(NN)c1cnccc1C(F)(F)F. The molecule has 0 amide bonds. The lowest BCUT2D eigenvalue weighted by molar-refractivity contribution is -0.138. The predicted octanol–water partition coefficient (Wildman–Crippen LogP) is 2.03. The normalized spacial score (nSPS) is 13.6. The molecule has 1 unspecified atom stereocenters. The second kappa shape index (κ2) is 6.67. The number of hydrogen-bond acceptors (Lipinski definition) is 4. The zero-order valence-corrected chi connectivity index (χ0v) is 10.00. The van der Waals surface area contributed by atoms with Crippen LogP contribution in [0.1, 0.15) is 30.5 Å². The number of alkyl halides is 3. The average molecular weight is 263 g/mol. The fourth-order valence-electron chi connectivity index (χ4n) is 1.52. The van der Waals surface area contributed by atoms with E-state index in [4.69, 9.17) is 10.6 Å². The molecule has 0 fully saturated rings. The fraction of sp³-hybridized carbons (Fsp3) is 0.545. The molecule has 102 valence electrons. The molecular weight excluding hydrogens is 247 g/mol. The lowest BCUT2D eigenvalue weighted by Gasteiger charge is -2.20. The smallest absolute Gasteiger partial charge is 0.379 e. The van der Waals surface area contributed by atoms with Crippen molar-refractivity contribution in [2.45, 2.75) is 25.6 Å². The van der Waals surface area contributed by atoms with Gasteiger partial charge in [-0.15, -0.1) is 0 Å². The molecule has 0 aromatic carbocycles. The van der Waals surface area contributed by atoms with E-state index in [-0.39, 0.29) is 12.2 Å². The molecule has 0 radical (unpaired) electrons. The van der Waals surface area contributed by atoms with Crippen molar-refractivity contribution in [3.8, 4) is 0 Å². The van der Waals surface area contributed by atoms with Crippen molar-refractivity contribution in [3.05, 3.63) is 29.6 Å². The van der Waals surface area contributed by atoms with Gasteiger partial charge in [0, 0.05) is 24.6 Å². The van der Waals surface area contributed by atoms with Crippen molar-refractivity contribution in [1.29, 1.82) is 0 Å². The third kappa shape index (κ3) is 3.94. The monoisotopic (exact) mass is 263 g/mol. The average Bonchev–Trinajstić information content (AvgIpc) is 2.34. The Morgan fingerprint density at radius 3 is 2.78 bits per heavy atom. The van der Waals surface area contributed by atoms with Gasteiger partial charge in [0.1, 0.15) is 0 Å². The summed E-state index contributed by atoms with van der Waals surface area (Å²) in [6.45, 7) is 2.45. The van der Waals surface area contributed by atoms with Crippen molar-refractivity contribution >= 4 is 0 Å². The molecule has 18 heavy (non-hydrogen) atoms. The number of hydrogen-bond donors (Lipinski definition) is 2. The molecule has 1 aromatic heterocycles. The first-order valence-electron chi connectivity index (χ1n) is 5.55. The maximum Gasteiger partial charge on any atom is 0.416 e. The maximum atomic E-state index is 12.8. The van der Waals surface area contributed by atoms with Crippen molar-refractivity contribution in [1.82, 2.24) is 10.4 Å². The first-order chi connectivity index (χ1) is 8.50. The van der Waals surface area contributed by atoms with Crippen molar-refractivity contribution in [2.75, 3.05) is 13.2 Å². The van der Waals surface area contributed by atoms with Gasteiger partial charge in [0.05, 0.1) is 18.2 Å². The summed E-state index contributed by atoms with van der Waals surface area (Å²) in [5.74, 6) is 5.27. The second-order valence-electron chi connectivity index (χ2n) is 3.75. The molecule has 3 N–H and O–H groups in total. The van der Waals surface area contributed by atoms with E-state index in [9.17, 15) is 13.2 Å². The van der Waals surface area contributed by atoms with Gasteiger partial charge in [0.2, 0.25) is 0 Å². The summed E-state index contributed by atoms with van der Waals surface area (Å²) >= 11 is 0. The van der Waals surface area contributed by atoms with Crippen LogP contribution in [0, 0.1) is 0 Å². The molecule has 1 heterocycles. The first kappa shape index (κ1) is 14.9. The number of nitrogens with zero attached hydrogens (tertiary/aromatic N) is 1. The van der Waals surface area contributed by atoms with Crippen LogP contribution in [0.3, 0.4) is 0 Å². The molecule has 0 aliphatic heterocycles. The van der Waals surface area contributed by atoms with E-state index in [1.807, 2.05) is 6.92 Å². The summed E-state index contributed by atoms with van der Waals surface area (Å²) in [6.07, 6.45) is -1.38. The number of aromatic nitrogens is 1. The minimum atomic E-state index is -4.43. The van der Waals surface area contributed by atoms with Crippen LogP contribution in [0.25, 0.3) is 0 Å². The topological polar surface area (TPSA) is 60.2 Å². The molecule has 0 bridgehead atoms. The van der Waals surface area contributed by atoms with Crippen LogP contribution in [0.2, 0.25) is 0 Å². The van der Waals surface area contributed by atoms with E-state index < -0.39 is 17.8 Å². The Kier molecular flexibility index (Phi) is 5.52. The van der Waals surface area contributed by atoms with Gasteiger partial charge in [-0.25, -0.2) is 0 Å². The van der Waals surface area contributed by atoms with Gasteiger partial charge in [-0.2, -0.15) is 13.2 Å². The summed E-state index contributed by atoms with van der Waals surface area (Å²) in [5, 5.41) is 0. The second-order valence-corrected chi connectivity index (χ2v) is 3.75. The number of hydrazine groups is 1. The van der Waals surface area contributed by atoms with Gasteiger partial charge >= 0.3 is 6.18 Å². The molecule has 1 atom stereocenters. The van der Waals surface area contributed by atoms with E-state index in [2.05, 4.69) is 10.4 Å². The van der Waals surface area contributed by atoms with E-state index in [1.54, 1.807) is 0 Å². The lowest BCUT2D eigenvalue weighted by atomic mass is 10.0. The number of nitrogens with two attached hydrogens (primary N) is 1. The van der Waals surface area contributed by atoms with Gasteiger partial charge in [-0.1, -0.05) is 6.92 Å². The Labute approximate surface area is 103 Å². The Hall–Kier alpha value is -1.18. The van der Waals surface area contributed by atoms with Crippen molar-refractivity contribution in [2.24, 2.45) is 5.84 Å². The van der Waals surface area contributed by atoms with E-state index in [1.165, 1.54) is 0 Å². The Morgan fingerprint density at radius 1 is 1.50 bits per heavy atom. The number of ether oxygens (including phenoxy) is 1. The molecule has 1 aromatic rings. The van der Waals surface area contributed by atoms with Crippen LogP contribution in [-0.2, 0) is 10.9 Å². The third-order valence-electron chi connectivity index (χ3n) is 2.37. The fourth-order valence-corrected chi connectivity index (χ4v) is 1.52. The molecule has 0 saturated carbocycles. The quantitative estimate of drug-likeness (QED) is 0.468. The number of halogens is 3. The Balaban J connectivity index is 2.91. The van der Waals surface area contributed by atoms with Crippen LogP contribution in [0.15, 0.2) is 18.5 Å². The summed E-state index contributed by atoms with van der Waals surface area (Å²) in [5.41, 5.74) is 1.56. The molecule has 0 aliphatic carbocycles. The minimum absolute atomic E-state index is 0.0106. The predicted molar refractivity (Wildman–Crippen MR) is 60.4 cm³/mol. The largest absolute Gasteiger partial charge is 0.416 e. The highest BCUT2D eigenvalue weighted by atomic mass is 19.4. The molecule has 1 rings (SSSR count). The van der Waals surface area contributed by atoms with Gasteiger partial charge in [0.25, 0.3) is 0 Å². The third-order valence-corrected chi connectivity index (χ3v) is 2.37. The van der Waals surface area contributed by atoms with Crippen LogP contribution < -0.4 is 11.3 Å². The van der Waals surface area contributed by atoms with Gasteiger partial charge in [0.15, 0.2) is 0 Å². The van der Waals surface area contributed by atoms with Crippen LogP contribution in [0.5, 0.6) is 0 Å². The van der Waals surface area contributed by atoms with Crippen molar-refractivity contribution in [3.63, 3.8) is 0 Å². The highest BCUT2D eigenvalue weighted by Crippen LogP contribution is 2.33. The molecule has 7 heteroatoms. The summed E-state index contributed by atoms with van der Waals surface area (Å²) in [7, 11) is 0. The highest BCUT2D eigenvalue weighted by molar-refractivity contribution is 5.29. The maximum absolute atomic E-state index is 12.8. The van der Waals surface area contributed by atoms with Crippen LogP contribution in [0.4, 0.5) is 13.2 Å².